The summed E-state index contributed by atoms with van der Waals surface area (Å²) in [6.07, 6.45) is 0. The standard InChI is InChI=1S/C22H16BrFN4O/c1-14-5-2-3-8-19(14)28-21(15-9-11-16(23)12-10-15)26-20(27-28)22(29)25-18-7-4-6-17(24)13-18/h2-13H,1H3,(H,25,29). The first-order valence-electron chi connectivity index (χ1n) is 8.87. The predicted octanol–water partition coefficient (Wildman–Crippen LogP) is 5.40. The molecule has 0 saturated carbocycles. The normalized spacial score (nSPS) is 10.7. The molecule has 144 valence electrons. The van der Waals surface area contributed by atoms with Gasteiger partial charge in [-0.15, -0.1) is 5.10 Å². The Hall–Kier alpha value is -3.32. The molecule has 1 N–H and O–H groups in total. The van der Waals surface area contributed by atoms with Crippen molar-refractivity contribution in [2.45, 2.75) is 6.92 Å². The molecule has 4 aromatic rings. The molecule has 1 heterocycles. The third-order valence-electron chi connectivity index (χ3n) is 4.34. The van der Waals surface area contributed by atoms with Crippen LogP contribution in [-0.4, -0.2) is 20.7 Å². The first-order chi connectivity index (χ1) is 14.0. The van der Waals surface area contributed by atoms with Crippen LogP contribution in [0.15, 0.2) is 77.3 Å². The molecular formula is C22H16BrFN4O. The van der Waals surface area contributed by atoms with E-state index in [-0.39, 0.29) is 5.82 Å². The second-order valence-corrected chi connectivity index (χ2v) is 7.34. The minimum absolute atomic E-state index is 0.00423. The lowest BCUT2D eigenvalue weighted by Gasteiger charge is -2.08. The number of para-hydroxylation sites is 1. The van der Waals surface area contributed by atoms with Crippen molar-refractivity contribution in [3.8, 4) is 17.1 Å². The molecule has 3 aromatic carbocycles. The first kappa shape index (κ1) is 19.0. The largest absolute Gasteiger partial charge is 0.319 e. The minimum Gasteiger partial charge on any atom is -0.319 e. The molecule has 0 unspecified atom stereocenters. The molecule has 4 rings (SSSR count). The van der Waals surface area contributed by atoms with Crippen molar-refractivity contribution in [3.05, 3.63) is 94.5 Å². The summed E-state index contributed by atoms with van der Waals surface area (Å²) in [6, 6.07) is 21.0. The summed E-state index contributed by atoms with van der Waals surface area (Å²) in [5.74, 6) is -0.412. The van der Waals surface area contributed by atoms with Crippen LogP contribution in [0.2, 0.25) is 0 Å². The van der Waals surface area contributed by atoms with Crippen molar-refractivity contribution in [3.63, 3.8) is 0 Å². The SMILES string of the molecule is Cc1ccccc1-n1nc(C(=O)Nc2cccc(F)c2)nc1-c1ccc(Br)cc1. The molecule has 1 aromatic heterocycles. The number of amides is 1. The Bertz CT molecular complexity index is 1190. The summed E-state index contributed by atoms with van der Waals surface area (Å²) in [5.41, 5.74) is 2.97. The van der Waals surface area contributed by atoms with Crippen LogP contribution in [0.3, 0.4) is 0 Å². The molecule has 29 heavy (non-hydrogen) atoms. The zero-order chi connectivity index (χ0) is 20.4. The molecule has 0 atom stereocenters. The van der Waals surface area contributed by atoms with Gasteiger partial charge in [-0.05, 0) is 48.9 Å². The lowest BCUT2D eigenvalue weighted by molar-refractivity contribution is 0.101. The maximum Gasteiger partial charge on any atom is 0.295 e. The Morgan fingerprint density at radius 2 is 1.79 bits per heavy atom. The number of aromatic nitrogens is 3. The van der Waals surface area contributed by atoms with Gasteiger partial charge < -0.3 is 5.32 Å². The summed E-state index contributed by atoms with van der Waals surface area (Å²) in [7, 11) is 0. The number of hydrogen-bond donors (Lipinski definition) is 1. The fraction of sp³-hybridized carbons (Fsp3) is 0.0455. The summed E-state index contributed by atoms with van der Waals surface area (Å²) in [5, 5.41) is 7.09. The van der Waals surface area contributed by atoms with E-state index in [0.717, 1.165) is 21.3 Å². The van der Waals surface area contributed by atoms with Gasteiger partial charge in [0.2, 0.25) is 5.82 Å². The van der Waals surface area contributed by atoms with E-state index in [0.29, 0.717) is 11.5 Å². The Labute approximate surface area is 175 Å². The van der Waals surface area contributed by atoms with E-state index in [9.17, 15) is 9.18 Å². The number of anilines is 1. The predicted molar refractivity (Wildman–Crippen MR) is 114 cm³/mol. The summed E-state index contributed by atoms with van der Waals surface area (Å²) < 4.78 is 16.0. The fourth-order valence-electron chi connectivity index (χ4n) is 2.92. The number of nitrogens with zero attached hydrogens (tertiary/aromatic N) is 3. The number of carbonyl (C=O) groups is 1. The smallest absolute Gasteiger partial charge is 0.295 e. The van der Waals surface area contributed by atoms with Crippen LogP contribution in [0, 0.1) is 12.7 Å². The molecule has 0 radical (unpaired) electrons. The highest BCUT2D eigenvalue weighted by Crippen LogP contribution is 2.25. The number of hydrogen-bond acceptors (Lipinski definition) is 3. The summed E-state index contributed by atoms with van der Waals surface area (Å²) in [6.45, 7) is 1.97. The quantitative estimate of drug-likeness (QED) is 0.452. The van der Waals surface area contributed by atoms with Gasteiger partial charge in [0, 0.05) is 15.7 Å². The van der Waals surface area contributed by atoms with Crippen LogP contribution in [0.25, 0.3) is 17.1 Å². The highest BCUT2D eigenvalue weighted by molar-refractivity contribution is 9.10. The fourth-order valence-corrected chi connectivity index (χ4v) is 3.18. The van der Waals surface area contributed by atoms with Crippen molar-refractivity contribution in [1.82, 2.24) is 14.8 Å². The maximum absolute atomic E-state index is 13.4. The van der Waals surface area contributed by atoms with E-state index in [1.807, 2.05) is 55.5 Å². The molecule has 0 fully saturated rings. The van der Waals surface area contributed by atoms with Crippen molar-refractivity contribution in [1.29, 1.82) is 0 Å². The molecule has 7 heteroatoms. The van der Waals surface area contributed by atoms with E-state index in [2.05, 4.69) is 31.3 Å². The highest BCUT2D eigenvalue weighted by Gasteiger charge is 2.20. The van der Waals surface area contributed by atoms with Crippen LogP contribution in [-0.2, 0) is 0 Å². The van der Waals surface area contributed by atoms with E-state index >= 15 is 0 Å². The van der Waals surface area contributed by atoms with Gasteiger partial charge in [0.05, 0.1) is 5.69 Å². The summed E-state index contributed by atoms with van der Waals surface area (Å²) in [4.78, 5) is 17.2. The number of halogens is 2. The number of benzene rings is 3. The van der Waals surface area contributed by atoms with E-state index < -0.39 is 11.7 Å². The van der Waals surface area contributed by atoms with Gasteiger partial charge in [0.15, 0.2) is 5.82 Å². The number of nitrogens with one attached hydrogen (secondary N) is 1. The lowest BCUT2D eigenvalue weighted by Crippen LogP contribution is -2.14. The second-order valence-electron chi connectivity index (χ2n) is 6.43. The highest BCUT2D eigenvalue weighted by atomic mass is 79.9. The monoisotopic (exact) mass is 450 g/mol. The lowest BCUT2D eigenvalue weighted by atomic mass is 10.2. The molecular weight excluding hydrogens is 435 g/mol. The van der Waals surface area contributed by atoms with Crippen LogP contribution in [0.5, 0.6) is 0 Å². The van der Waals surface area contributed by atoms with Gasteiger partial charge in [-0.3, -0.25) is 4.79 Å². The molecule has 0 aliphatic rings. The number of rotatable bonds is 4. The maximum atomic E-state index is 13.4. The molecule has 0 saturated heterocycles. The minimum atomic E-state index is -0.513. The third kappa shape index (κ3) is 4.09. The average molecular weight is 451 g/mol. The van der Waals surface area contributed by atoms with Crippen molar-refractivity contribution in [2.75, 3.05) is 5.32 Å². The molecule has 1 amide bonds. The van der Waals surface area contributed by atoms with Gasteiger partial charge in [-0.1, -0.05) is 52.3 Å². The molecule has 5 nitrogen and oxygen atoms in total. The third-order valence-corrected chi connectivity index (χ3v) is 4.87. The van der Waals surface area contributed by atoms with Crippen LogP contribution in [0.4, 0.5) is 10.1 Å². The van der Waals surface area contributed by atoms with Crippen molar-refractivity contribution < 1.29 is 9.18 Å². The van der Waals surface area contributed by atoms with Crippen LogP contribution in [0.1, 0.15) is 16.2 Å². The topological polar surface area (TPSA) is 59.8 Å². The average Bonchev–Trinajstić information content (AvgIpc) is 3.14. The Balaban J connectivity index is 1.78. The summed E-state index contributed by atoms with van der Waals surface area (Å²) >= 11 is 3.43. The van der Waals surface area contributed by atoms with Gasteiger partial charge >= 0.3 is 0 Å². The first-order valence-corrected chi connectivity index (χ1v) is 9.66. The van der Waals surface area contributed by atoms with E-state index in [1.54, 1.807) is 10.7 Å². The van der Waals surface area contributed by atoms with Gasteiger partial charge in [0.1, 0.15) is 5.82 Å². The van der Waals surface area contributed by atoms with Crippen LogP contribution >= 0.6 is 15.9 Å². The molecule has 0 spiro atoms. The van der Waals surface area contributed by atoms with Crippen molar-refractivity contribution >= 4 is 27.5 Å². The Morgan fingerprint density at radius 3 is 2.52 bits per heavy atom. The Kier molecular flexibility index (Phi) is 5.22. The van der Waals surface area contributed by atoms with Gasteiger partial charge in [-0.25, -0.2) is 14.1 Å². The Morgan fingerprint density at radius 1 is 1.03 bits per heavy atom. The zero-order valence-corrected chi connectivity index (χ0v) is 17.0. The van der Waals surface area contributed by atoms with Crippen molar-refractivity contribution in [2.24, 2.45) is 0 Å². The molecule has 0 aliphatic carbocycles. The zero-order valence-electron chi connectivity index (χ0n) is 15.4. The van der Waals surface area contributed by atoms with E-state index in [4.69, 9.17) is 0 Å². The van der Waals surface area contributed by atoms with Gasteiger partial charge in [0.25, 0.3) is 5.91 Å². The van der Waals surface area contributed by atoms with Crippen LogP contribution < -0.4 is 5.32 Å². The number of carbonyl (C=O) groups excluding carboxylic acids is 1. The van der Waals surface area contributed by atoms with E-state index in [1.165, 1.54) is 18.2 Å². The molecule has 0 bridgehead atoms. The second kappa shape index (κ2) is 7.97. The number of aryl methyl sites for hydroxylation is 1. The molecule has 0 aliphatic heterocycles. The van der Waals surface area contributed by atoms with Gasteiger partial charge in [-0.2, -0.15) is 0 Å².